The molecule has 4 rings (SSSR count). The van der Waals surface area contributed by atoms with Gasteiger partial charge in [-0.05, 0) is 48.7 Å². The zero-order valence-corrected chi connectivity index (χ0v) is 15.9. The summed E-state index contributed by atoms with van der Waals surface area (Å²) in [5.41, 5.74) is 2.50. The highest BCUT2D eigenvalue weighted by Crippen LogP contribution is 2.31. The Morgan fingerprint density at radius 2 is 2.00 bits per heavy atom. The van der Waals surface area contributed by atoms with Gasteiger partial charge in [0.05, 0.1) is 12.7 Å². The highest BCUT2D eigenvalue weighted by atomic mass is 35.5. The van der Waals surface area contributed by atoms with Crippen LogP contribution in [-0.2, 0) is 4.74 Å². The van der Waals surface area contributed by atoms with E-state index in [0.29, 0.717) is 18.2 Å². The minimum absolute atomic E-state index is 0.0290. The molecular formula is C21H23ClN2O3. The zero-order chi connectivity index (χ0) is 19.0. The second kappa shape index (κ2) is 7.50. The molecule has 2 saturated heterocycles. The molecule has 2 fully saturated rings. The minimum Gasteiger partial charge on any atom is -0.508 e. The topological polar surface area (TPSA) is 61.8 Å². The first-order valence-electron chi connectivity index (χ1n) is 9.21. The summed E-state index contributed by atoms with van der Waals surface area (Å²) in [7, 11) is 0. The number of fused-ring (bicyclic) bond motifs is 1. The van der Waals surface area contributed by atoms with Gasteiger partial charge >= 0.3 is 0 Å². The maximum atomic E-state index is 12.6. The summed E-state index contributed by atoms with van der Waals surface area (Å²) in [6.45, 7) is 4.15. The predicted octanol–water partition coefficient (Wildman–Crippen LogP) is 3.30. The van der Waals surface area contributed by atoms with Crippen LogP contribution in [-0.4, -0.2) is 47.7 Å². The van der Waals surface area contributed by atoms with Crippen LogP contribution in [0.15, 0.2) is 42.5 Å². The van der Waals surface area contributed by atoms with Crippen LogP contribution in [0, 0.1) is 6.92 Å². The maximum absolute atomic E-state index is 12.6. The molecule has 27 heavy (non-hydrogen) atoms. The molecule has 2 N–H and O–H groups in total. The van der Waals surface area contributed by atoms with E-state index >= 15 is 0 Å². The Labute approximate surface area is 163 Å². The van der Waals surface area contributed by atoms with Gasteiger partial charge in [0.2, 0.25) is 0 Å². The summed E-state index contributed by atoms with van der Waals surface area (Å²) in [4.78, 5) is 15.0. The fourth-order valence-corrected chi connectivity index (χ4v) is 4.10. The van der Waals surface area contributed by atoms with Crippen molar-refractivity contribution >= 4 is 17.5 Å². The lowest BCUT2D eigenvalue weighted by Crippen LogP contribution is -2.43. The summed E-state index contributed by atoms with van der Waals surface area (Å²) in [6, 6.07) is 13.1. The van der Waals surface area contributed by atoms with Crippen LogP contribution in [0.4, 0.5) is 0 Å². The monoisotopic (exact) mass is 386 g/mol. The molecule has 142 valence electrons. The van der Waals surface area contributed by atoms with Crippen LogP contribution in [0.2, 0.25) is 5.02 Å². The van der Waals surface area contributed by atoms with E-state index in [1.54, 1.807) is 12.1 Å². The van der Waals surface area contributed by atoms with Crippen molar-refractivity contribution in [1.82, 2.24) is 10.2 Å². The van der Waals surface area contributed by atoms with Gasteiger partial charge in [0, 0.05) is 35.8 Å². The Balaban J connectivity index is 1.39. The normalized spacial score (nSPS) is 25.2. The fraction of sp³-hybridized carbons (Fsp3) is 0.381. The van der Waals surface area contributed by atoms with Crippen molar-refractivity contribution in [2.45, 2.75) is 31.5 Å². The summed E-state index contributed by atoms with van der Waals surface area (Å²) >= 11 is 5.97. The second-order valence-corrected chi connectivity index (χ2v) is 7.82. The van der Waals surface area contributed by atoms with E-state index in [-0.39, 0.29) is 23.8 Å². The smallest absolute Gasteiger partial charge is 0.251 e. The molecule has 0 radical (unpaired) electrons. The molecule has 0 spiro atoms. The third-order valence-electron chi connectivity index (χ3n) is 5.46. The van der Waals surface area contributed by atoms with Crippen molar-refractivity contribution < 1.29 is 14.6 Å². The van der Waals surface area contributed by atoms with Gasteiger partial charge < -0.3 is 15.2 Å². The van der Waals surface area contributed by atoms with Gasteiger partial charge in [-0.1, -0.05) is 29.8 Å². The third kappa shape index (κ3) is 3.95. The number of carbonyl (C=O) groups excluding carboxylic acids is 1. The van der Waals surface area contributed by atoms with Crippen LogP contribution >= 0.6 is 11.6 Å². The van der Waals surface area contributed by atoms with E-state index in [1.807, 2.05) is 31.2 Å². The first kappa shape index (κ1) is 18.3. The number of aryl methyl sites for hydroxylation is 1. The number of phenols is 1. The summed E-state index contributed by atoms with van der Waals surface area (Å²) in [5.74, 6) is -0.0304. The number of halogens is 1. The molecule has 2 aliphatic heterocycles. The Morgan fingerprint density at radius 1 is 1.22 bits per heavy atom. The first-order valence-corrected chi connectivity index (χ1v) is 9.59. The minimum atomic E-state index is -0.136. The summed E-state index contributed by atoms with van der Waals surface area (Å²) < 4.78 is 6.06. The van der Waals surface area contributed by atoms with Gasteiger partial charge in [-0.2, -0.15) is 0 Å². The molecule has 1 amide bonds. The van der Waals surface area contributed by atoms with Crippen LogP contribution in [0.5, 0.6) is 5.75 Å². The third-order valence-corrected chi connectivity index (χ3v) is 5.71. The quantitative estimate of drug-likeness (QED) is 0.849. The number of aromatic hydroxyl groups is 1. The summed E-state index contributed by atoms with van der Waals surface area (Å²) in [5, 5.41) is 13.5. The lowest BCUT2D eigenvalue weighted by Gasteiger charge is -2.35. The van der Waals surface area contributed by atoms with E-state index in [0.717, 1.165) is 35.7 Å². The highest BCUT2D eigenvalue weighted by Gasteiger charge is 2.38. The number of amides is 1. The number of hydrogen-bond donors (Lipinski definition) is 2. The fourth-order valence-electron chi connectivity index (χ4n) is 3.98. The van der Waals surface area contributed by atoms with Crippen molar-refractivity contribution in [2.24, 2.45) is 0 Å². The van der Waals surface area contributed by atoms with E-state index in [2.05, 4.69) is 10.2 Å². The van der Waals surface area contributed by atoms with Gasteiger partial charge in [-0.15, -0.1) is 0 Å². The van der Waals surface area contributed by atoms with Crippen LogP contribution < -0.4 is 5.32 Å². The molecule has 5 nitrogen and oxygen atoms in total. The molecule has 3 atom stereocenters. The SMILES string of the molecule is Cc1ccc(O)cc1C(=O)N[C@@H]1C[C@H]2CO[C@@H](c3ccc(Cl)cc3)CN2C1. The molecule has 0 unspecified atom stereocenters. The average Bonchev–Trinajstić information content (AvgIpc) is 3.05. The van der Waals surface area contributed by atoms with E-state index in [1.165, 1.54) is 6.07 Å². The molecule has 2 aromatic rings. The van der Waals surface area contributed by atoms with E-state index < -0.39 is 0 Å². The van der Waals surface area contributed by atoms with Gasteiger partial charge in [0.1, 0.15) is 5.75 Å². The molecule has 2 aliphatic rings. The number of benzene rings is 2. The number of nitrogens with zero attached hydrogens (tertiary/aromatic N) is 1. The molecule has 2 heterocycles. The van der Waals surface area contributed by atoms with Crippen molar-refractivity contribution in [2.75, 3.05) is 19.7 Å². The summed E-state index contributed by atoms with van der Waals surface area (Å²) in [6.07, 6.45) is 0.901. The number of carbonyl (C=O) groups is 1. The van der Waals surface area contributed by atoms with E-state index in [4.69, 9.17) is 16.3 Å². The number of phenolic OH excluding ortho intramolecular Hbond substituents is 1. The molecular weight excluding hydrogens is 364 g/mol. The van der Waals surface area contributed by atoms with Crippen LogP contribution in [0.25, 0.3) is 0 Å². The van der Waals surface area contributed by atoms with Gasteiger partial charge in [0.25, 0.3) is 5.91 Å². The Kier molecular flexibility index (Phi) is 5.08. The molecule has 0 aliphatic carbocycles. The largest absolute Gasteiger partial charge is 0.508 e. The second-order valence-electron chi connectivity index (χ2n) is 7.39. The average molecular weight is 387 g/mol. The van der Waals surface area contributed by atoms with Crippen molar-refractivity contribution in [3.63, 3.8) is 0 Å². The first-order chi connectivity index (χ1) is 13.0. The zero-order valence-electron chi connectivity index (χ0n) is 15.2. The lowest BCUT2D eigenvalue weighted by atomic mass is 10.1. The molecule has 6 heteroatoms. The number of morpholine rings is 1. The molecule has 0 aromatic heterocycles. The van der Waals surface area contributed by atoms with Gasteiger partial charge in [-0.25, -0.2) is 0 Å². The van der Waals surface area contributed by atoms with Crippen molar-refractivity contribution in [3.05, 3.63) is 64.2 Å². The lowest BCUT2D eigenvalue weighted by molar-refractivity contribution is -0.0502. The highest BCUT2D eigenvalue weighted by molar-refractivity contribution is 6.30. The maximum Gasteiger partial charge on any atom is 0.251 e. The molecule has 0 bridgehead atoms. The number of rotatable bonds is 3. The van der Waals surface area contributed by atoms with Crippen molar-refractivity contribution in [1.29, 1.82) is 0 Å². The van der Waals surface area contributed by atoms with Crippen LogP contribution in [0.3, 0.4) is 0 Å². The van der Waals surface area contributed by atoms with Gasteiger partial charge in [0.15, 0.2) is 0 Å². The molecule has 2 aromatic carbocycles. The van der Waals surface area contributed by atoms with Crippen LogP contribution in [0.1, 0.15) is 34.0 Å². The predicted molar refractivity (Wildman–Crippen MR) is 104 cm³/mol. The Bertz CT molecular complexity index is 840. The number of hydrogen-bond acceptors (Lipinski definition) is 4. The number of ether oxygens (including phenoxy) is 1. The van der Waals surface area contributed by atoms with E-state index in [9.17, 15) is 9.90 Å². The Hall–Kier alpha value is -2.08. The standard InChI is InChI=1S/C21H23ClN2O3/c1-13-2-7-18(25)9-19(13)21(26)23-16-8-17-12-27-20(11-24(17)10-16)14-3-5-15(22)6-4-14/h2-7,9,16-17,20,25H,8,10-12H2,1H3,(H,23,26)/t16-,17+,20-/m1/s1. The molecule has 0 saturated carbocycles. The van der Waals surface area contributed by atoms with Crippen molar-refractivity contribution in [3.8, 4) is 5.75 Å². The number of nitrogens with one attached hydrogen (secondary N) is 1. The Morgan fingerprint density at radius 3 is 2.78 bits per heavy atom. The van der Waals surface area contributed by atoms with Gasteiger partial charge in [-0.3, -0.25) is 9.69 Å².